The second kappa shape index (κ2) is 7.47. The summed E-state index contributed by atoms with van der Waals surface area (Å²) in [7, 11) is 0. The van der Waals surface area contributed by atoms with Gasteiger partial charge in [0.1, 0.15) is 5.82 Å². The van der Waals surface area contributed by atoms with E-state index in [1.807, 2.05) is 6.92 Å². The van der Waals surface area contributed by atoms with E-state index in [1.54, 1.807) is 16.8 Å². The van der Waals surface area contributed by atoms with Gasteiger partial charge in [-0.15, -0.1) is 10.2 Å². The number of benzene rings is 1. The van der Waals surface area contributed by atoms with Gasteiger partial charge in [0.05, 0.1) is 5.75 Å². The lowest BCUT2D eigenvalue weighted by Crippen LogP contribution is -2.25. The van der Waals surface area contributed by atoms with Crippen LogP contribution in [0.3, 0.4) is 0 Å². The maximum Gasteiger partial charge on any atom is 0.300 e. The summed E-state index contributed by atoms with van der Waals surface area (Å²) >= 11 is 1.21. The zero-order valence-corrected chi connectivity index (χ0v) is 14.3. The number of amides is 1. The van der Waals surface area contributed by atoms with Gasteiger partial charge < -0.3 is 5.32 Å². The molecule has 0 saturated heterocycles. The number of hydrogen-bond acceptors (Lipinski definition) is 5. The molecule has 1 aromatic carbocycles. The molecule has 0 spiro atoms. The Kier molecular flexibility index (Phi) is 5.13. The lowest BCUT2D eigenvalue weighted by atomic mass is 10.3. The predicted octanol–water partition coefficient (Wildman–Crippen LogP) is 1.64. The molecule has 0 atom stereocenters. The maximum absolute atomic E-state index is 13.0. The van der Waals surface area contributed by atoms with Gasteiger partial charge in [0.25, 0.3) is 0 Å². The third kappa shape index (κ3) is 3.71. The Hall–Kier alpha value is -2.68. The highest BCUT2D eigenvalue weighted by Gasteiger charge is 2.13. The van der Waals surface area contributed by atoms with Crippen molar-refractivity contribution in [2.75, 3.05) is 12.3 Å². The zero-order valence-electron chi connectivity index (χ0n) is 13.5. The van der Waals surface area contributed by atoms with Gasteiger partial charge in [-0.3, -0.25) is 18.6 Å². The van der Waals surface area contributed by atoms with Gasteiger partial charge in [0.15, 0.2) is 5.16 Å². The third-order valence-electron chi connectivity index (χ3n) is 3.45. The van der Waals surface area contributed by atoms with Gasteiger partial charge in [-0.2, -0.15) is 0 Å². The van der Waals surface area contributed by atoms with Crippen LogP contribution in [0.4, 0.5) is 4.39 Å². The molecule has 0 radical (unpaired) electrons. The van der Waals surface area contributed by atoms with Crippen LogP contribution in [0.25, 0.3) is 11.3 Å². The van der Waals surface area contributed by atoms with E-state index in [0.717, 1.165) is 6.42 Å². The van der Waals surface area contributed by atoms with E-state index >= 15 is 0 Å². The van der Waals surface area contributed by atoms with Gasteiger partial charge in [-0.25, -0.2) is 4.39 Å². The summed E-state index contributed by atoms with van der Waals surface area (Å²) in [5, 5.41) is 11.1. The summed E-state index contributed by atoms with van der Waals surface area (Å²) in [5.41, 5.74) is 0.303. The van der Waals surface area contributed by atoms with E-state index in [2.05, 4.69) is 15.5 Å². The molecule has 9 heteroatoms. The van der Waals surface area contributed by atoms with Crippen LogP contribution in [0.2, 0.25) is 0 Å². The van der Waals surface area contributed by atoms with Crippen molar-refractivity contribution < 1.29 is 9.18 Å². The van der Waals surface area contributed by atoms with Crippen LogP contribution in [-0.4, -0.2) is 37.4 Å². The van der Waals surface area contributed by atoms with Crippen molar-refractivity contribution in [2.45, 2.75) is 18.5 Å². The molecule has 0 aliphatic heterocycles. The van der Waals surface area contributed by atoms with Gasteiger partial charge in [-0.05, 0) is 30.7 Å². The molecule has 3 aromatic rings. The molecule has 7 nitrogen and oxygen atoms in total. The fraction of sp³-hybridized carbons (Fsp3) is 0.250. The van der Waals surface area contributed by atoms with Crippen molar-refractivity contribution in [3.05, 3.63) is 52.8 Å². The number of carbonyl (C=O) groups excluding carboxylic acids is 1. The normalized spacial score (nSPS) is 11.0. The molecule has 0 aliphatic carbocycles. The van der Waals surface area contributed by atoms with Crippen molar-refractivity contribution >= 4 is 23.3 Å². The van der Waals surface area contributed by atoms with Gasteiger partial charge >= 0.3 is 5.56 Å². The van der Waals surface area contributed by atoms with Crippen molar-refractivity contribution in [2.24, 2.45) is 0 Å². The summed E-state index contributed by atoms with van der Waals surface area (Å²) < 4.78 is 15.9. The average molecular weight is 361 g/mol. The van der Waals surface area contributed by atoms with Gasteiger partial charge in [-0.1, -0.05) is 18.7 Å². The van der Waals surface area contributed by atoms with Crippen LogP contribution in [0, 0.1) is 5.82 Å². The van der Waals surface area contributed by atoms with Gasteiger partial charge in [0, 0.05) is 24.6 Å². The van der Waals surface area contributed by atoms with E-state index in [-0.39, 0.29) is 28.7 Å². The highest BCUT2D eigenvalue weighted by Crippen LogP contribution is 2.15. The molecule has 130 valence electrons. The second-order valence-corrected chi connectivity index (χ2v) is 6.21. The smallest absolute Gasteiger partial charge is 0.300 e. The summed E-state index contributed by atoms with van der Waals surface area (Å²) in [5.74, 6) is -0.273. The van der Waals surface area contributed by atoms with Crippen LogP contribution in [0.15, 0.2) is 46.6 Å². The molecule has 0 saturated carbocycles. The number of rotatable bonds is 6. The van der Waals surface area contributed by atoms with Crippen LogP contribution in [-0.2, 0) is 4.79 Å². The standard InChI is InChI=1S/C16H16FN5O2S/c1-2-7-18-13(23)10-25-16-20-19-14-15(24)21(8-9-22(14)16)12-5-3-11(17)4-6-12/h3-6,8-9H,2,7,10H2,1H3,(H,18,23). The molecule has 0 unspecified atom stereocenters. The first kappa shape index (κ1) is 17.2. The third-order valence-corrected chi connectivity index (χ3v) is 4.39. The van der Waals surface area contributed by atoms with Crippen molar-refractivity contribution in [3.63, 3.8) is 0 Å². The Morgan fingerprint density at radius 2 is 2.00 bits per heavy atom. The number of nitrogens with one attached hydrogen (secondary N) is 1. The Balaban J connectivity index is 1.85. The quantitative estimate of drug-likeness (QED) is 0.675. The fourth-order valence-electron chi connectivity index (χ4n) is 2.22. The molecule has 1 N–H and O–H groups in total. The van der Waals surface area contributed by atoms with Crippen molar-refractivity contribution in [3.8, 4) is 5.69 Å². The molecular weight excluding hydrogens is 345 g/mol. The number of carbonyl (C=O) groups is 1. The lowest BCUT2D eigenvalue weighted by Gasteiger charge is -2.06. The van der Waals surface area contributed by atoms with E-state index in [9.17, 15) is 14.0 Å². The summed E-state index contributed by atoms with van der Waals surface area (Å²) in [6.07, 6.45) is 4.08. The van der Waals surface area contributed by atoms with Crippen molar-refractivity contribution in [1.82, 2.24) is 24.5 Å². The maximum atomic E-state index is 13.0. The van der Waals surface area contributed by atoms with E-state index in [4.69, 9.17) is 0 Å². The van der Waals surface area contributed by atoms with Crippen LogP contribution < -0.4 is 10.9 Å². The van der Waals surface area contributed by atoms with E-state index in [0.29, 0.717) is 17.4 Å². The Morgan fingerprint density at radius 3 is 2.72 bits per heavy atom. The molecule has 1 amide bonds. The number of hydrogen-bond donors (Lipinski definition) is 1. The Labute approximate surface area is 146 Å². The zero-order chi connectivity index (χ0) is 17.8. The average Bonchev–Trinajstić information content (AvgIpc) is 3.03. The predicted molar refractivity (Wildman–Crippen MR) is 92.6 cm³/mol. The highest BCUT2D eigenvalue weighted by atomic mass is 32.2. The minimum atomic E-state index is -0.375. The molecular formula is C16H16FN5O2S. The second-order valence-electron chi connectivity index (χ2n) is 5.26. The van der Waals surface area contributed by atoms with Crippen LogP contribution in [0.1, 0.15) is 13.3 Å². The Bertz CT molecular complexity index is 951. The molecule has 0 fully saturated rings. The Morgan fingerprint density at radius 1 is 1.24 bits per heavy atom. The summed E-state index contributed by atoms with van der Waals surface area (Å²) in [6.45, 7) is 2.61. The SMILES string of the molecule is CCCNC(=O)CSc1nnc2c(=O)n(-c3ccc(F)cc3)ccn12. The first-order chi connectivity index (χ1) is 12.1. The largest absolute Gasteiger partial charge is 0.355 e. The van der Waals surface area contributed by atoms with Gasteiger partial charge in [0.2, 0.25) is 11.6 Å². The number of halogens is 1. The first-order valence-electron chi connectivity index (χ1n) is 7.72. The van der Waals surface area contributed by atoms with Crippen LogP contribution >= 0.6 is 11.8 Å². The minimum Gasteiger partial charge on any atom is -0.355 e. The fourth-order valence-corrected chi connectivity index (χ4v) is 2.96. The molecule has 2 aromatic heterocycles. The number of fused-ring (bicyclic) bond motifs is 1. The summed E-state index contributed by atoms with van der Waals surface area (Å²) in [4.78, 5) is 24.2. The number of thioether (sulfide) groups is 1. The van der Waals surface area contributed by atoms with E-state index in [1.165, 1.54) is 40.6 Å². The lowest BCUT2D eigenvalue weighted by molar-refractivity contribution is -0.118. The monoisotopic (exact) mass is 361 g/mol. The molecule has 2 heterocycles. The number of aromatic nitrogens is 4. The molecule has 25 heavy (non-hydrogen) atoms. The highest BCUT2D eigenvalue weighted by molar-refractivity contribution is 7.99. The summed E-state index contributed by atoms with van der Waals surface area (Å²) in [6, 6.07) is 5.59. The minimum absolute atomic E-state index is 0.0942. The van der Waals surface area contributed by atoms with Crippen LogP contribution in [0.5, 0.6) is 0 Å². The number of nitrogens with zero attached hydrogens (tertiary/aromatic N) is 4. The van der Waals surface area contributed by atoms with E-state index < -0.39 is 0 Å². The van der Waals surface area contributed by atoms with Crippen molar-refractivity contribution in [1.29, 1.82) is 0 Å². The molecule has 0 aliphatic rings. The first-order valence-corrected chi connectivity index (χ1v) is 8.70. The molecule has 3 rings (SSSR count). The molecule has 0 bridgehead atoms. The topological polar surface area (TPSA) is 81.3 Å².